The molecule has 168 valence electrons. The number of hydrogen-bond acceptors (Lipinski definition) is 5. The number of carbonyl (C=O) groups excluding carboxylic acids is 1. The Balaban J connectivity index is 1.97. The number of nitrogens with zero attached hydrogens (tertiary/aromatic N) is 3. The molecule has 0 saturated heterocycles. The SMILES string of the molecule is CC(C)Oc1c(CC(=O)NC(C)c2nccnc2Cl)cc(Cl)c(F)c1-c1ccc(Cl)nc1. The summed E-state index contributed by atoms with van der Waals surface area (Å²) >= 11 is 18.1. The second-order valence-electron chi connectivity index (χ2n) is 7.27. The third-order valence-electron chi connectivity index (χ3n) is 4.44. The monoisotopic (exact) mass is 496 g/mol. The quantitative estimate of drug-likeness (QED) is 0.415. The standard InChI is InChI=1S/C22H20Cl3FN4O2/c1-11(2)32-21-14(9-17(31)30-12(3)20-22(25)28-7-6-27-20)8-15(23)19(26)18(21)13-4-5-16(24)29-10-13/h4-8,10-12H,9H2,1-3H3,(H,30,31). The number of pyridine rings is 1. The van der Waals surface area contributed by atoms with Gasteiger partial charge in [-0.2, -0.15) is 0 Å². The number of ether oxygens (including phenoxy) is 1. The van der Waals surface area contributed by atoms with Crippen LogP contribution < -0.4 is 10.1 Å². The van der Waals surface area contributed by atoms with Gasteiger partial charge in [0.15, 0.2) is 11.0 Å². The molecule has 0 aliphatic rings. The molecule has 0 radical (unpaired) electrons. The van der Waals surface area contributed by atoms with Gasteiger partial charge in [-0.15, -0.1) is 0 Å². The van der Waals surface area contributed by atoms with E-state index in [1.54, 1.807) is 26.8 Å². The van der Waals surface area contributed by atoms with Crippen LogP contribution in [0.15, 0.2) is 36.8 Å². The topological polar surface area (TPSA) is 77.0 Å². The molecule has 0 aliphatic carbocycles. The van der Waals surface area contributed by atoms with Crippen molar-refractivity contribution in [2.45, 2.75) is 39.3 Å². The first kappa shape index (κ1) is 24.2. The van der Waals surface area contributed by atoms with Crippen LogP contribution in [-0.4, -0.2) is 27.0 Å². The molecule has 2 heterocycles. The molecule has 1 amide bonds. The van der Waals surface area contributed by atoms with Gasteiger partial charge in [0.05, 0.1) is 34.8 Å². The number of carbonyl (C=O) groups is 1. The van der Waals surface area contributed by atoms with Gasteiger partial charge in [-0.1, -0.05) is 34.8 Å². The van der Waals surface area contributed by atoms with E-state index in [-0.39, 0.29) is 45.1 Å². The molecule has 3 rings (SSSR count). The summed E-state index contributed by atoms with van der Waals surface area (Å²) in [7, 11) is 0. The van der Waals surface area contributed by atoms with Crippen LogP contribution in [0.2, 0.25) is 15.3 Å². The van der Waals surface area contributed by atoms with Crippen molar-refractivity contribution < 1.29 is 13.9 Å². The average Bonchev–Trinajstić information content (AvgIpc) is 2.73. The van der Waals surface area contributed by atoms with Crippen LogP contribution in [0.1, 0.15) is 38.1 Å². The lowest BCUT2D eigenvalue weighted by atomic mass is 9.99. The fourth-order valence-electron chi connectivity index (χ4n) is 3.10. The molecule has 0 saturated carbocycles. The summed E-state index contributed by atoms with van der Waals surface area (Å²) in [5.41, 5.74) is 1.39. The minimum atomic E-state index is -0.671. The number of aromatic nitrogens is 3. The summed E-state index contributed by atoms with van der Waals surface area (Å²) < 4.78 is 21.0. The minimum absolute atomic E-state index is 0.113. The molecular weight excluding hydrogens is 478 g/mol. The predicted molar refractivity (Wildman–Crippen MR) is 123 cm³/mol. The lowest BCUT2D eigenvalue weighted by Gasteiger charge is -2.20. The molecule has 0 aliphatic heterocycles. The van der Waals surface area contributed by atoms with E-state index in [9.17, 15) is 4.79 Å². The third-order valence-corrected chi connectivity index (χ3v) is 5.23. The lowest BCUT2D eigenvalue weighted by Crippen LogP contribution is -2.29. The molecular formula is C22H20Cl3FN4O2. The Bertz CT molecular complexity index is 1130. The van der Waals surface area contributed by atoms with Crippen LogP contribution in [0, 0.1) is 5.82 Å². The Morgan fingerprint density at radius 2 is 1.84 bits per heavy atom. The molecule has 6 nitrogen and oxygen atoms in total. The predicted octanol–water partition coefficient (Wildman–Crippen LogP) is 5.85. The molecule has 32 heavy (non-hydrogen) atoms. The average molecular weight is 498 g/mol. The number of amides is 1. The van der Waals surface area contributed by atoms with Crippen molar-refractivity contribution in [3.8, 4) is 16.9 Å². The van der Waals surface area contributed by atoms with E-state index in [1.807, 2.05) is 0 Å². The number of benzene rings is 1. The Morgan fingerprint density at radius 3 is 2.47 bits per heavy atom. The normalized spacial score (nSPS) is 12.0. The Kier molecular flexibility index (Phi) is 7.87. The van der Waals surface area contributed by atoms with E-state index in [2.05, 4.69) is 20.3 Å². The molecule has 2 aromatic heterocycles. The molecule has 0 spiro atoms. The van der Waals surface area contributed by atoms with Gasteiger partial charge in [-0.25, -0.2) is 14.4 Å². The number of halogens is 4. The van der Waals surface area contributed by atoms with Gasteiger partial charge in [-0.3, -0.25) is 9.78 Å². The van der Waals surface area contributed by atoms with E-state index in [4.69, 9.17) is 39.5 Å². The maximum absolute atomic E-state index is 15.1. The zero-order chi connectivity index (χ0) is 23.4. The third kappa shape index (κ3) is 5.65. The smallest absolute Gasteiger partial charge is 0.225 e. The zero-order valence-corrected chi connectivity index (χ0v) is 19.8. The Morgan fingerprint density at radius 1 is 1.12 bits per heavy atom. The highest BCUT2D eigenvalue weighted by molar-refractivity contribution is 6.31. The molecule has 3 aromatic rings. The van der Waals surface area contributed by atoms with Gasteiger partial charge in [0.1, 0.15) is 10.9 Å². The molecule has 0 bridgehead atoms. The highest BCUT2D eigenvalue weighted by Gasteiger charge is 2.24. The summed E-state index contributed by atoms with van der Waals surface area (Å²) in [4.78, 5) is 25.0. The summed E-state index contributed by atoms with van der Waals surface area (Å²) in [6, 6.07) is 4.05. The van der Waals surface area contributed by atoms with Crippen molar-refractivity contribution in [3.63, 3.8) is 0 Å². The number of nitrogens with one attached hydrogen (secondary N) is 1. The first-order chi connectivity index (χ1) is 15.2. The fraction of sp³-hybridized carbons (Fsp3) is 0.273. The van der Waals surface area contributed by atoms with Gasteiger partial charge in [-0.05, 0) is 39.0 Å². The maximum Gasteiger partial charge on any atom is 0.225 e. The van der Waals surface area contributed by atoms with Gasteiger partial charge < -0.3 is 10.1 Å². The molecule has 1 aromatic carbocycles. The summed E-state index contributed by atoms with van der Waals surface area (Å²) in [5.74, 6) is -0.808. The number of hydrogen-bond donors (Lipinski definition) is 1. The molecule has 0 fully saturated rings. The van der Waals surface area contributed by atoms with E-state index in [1.165, 1.54) is 30.7 Å². The van der Waals surface area contributed by atoms with Gasteiger partial charge in [0.2, 0.25) is 5.91 Å². The molecule has 1 unspecified atom stereocenters. The number of rotatable bonds is 7. The highest BCUT2D eigenvalue weighted by atomic mass is 35.5. The molecule has 1 atom stereocenters. The van der Waals surface area contributed by atoms with Crippen molar-refractivity contribution in [2.75, 3.05) is 0 Å². The van der Waals surface area contributed by atoms with E-state index in [0.29, 0.717) is 16.8 Å². The largest absolute Gasteiger partial charge is 0.490 e. The molecule has 1 N–H and O–H groups in total. The van der Waals surface area contributed by atoms with E-state index in [0.717, 1.165) is 0 Å². The Hall–Kier alpha value is -2.48. The second-order valence-corrected chi connectivity index (χ2v) is 8.42. The first-order valence-corrected chi connectivity index (χ1v) is 10.9. The highest BCUT2D eigenvalue weighted by Crippen LogP contribution is 2.40. The van der Waals surface area contributed by atoms with Crippen LogP contribution in [0.5, 0.6) is 5.75 Å². The maximum atomic E-state index is 15.1. The van der Waals surface area contributed by atoms with Crippen molar-refractivity contribution in [3.05, 3.63) is 69.2 Å². The molecule has 10 heteroatoms. The van der Waals surface area contributed by atoms with Gasteiger partial charge in [0, 0.05) is 29.7 Å². The fourth-order valence-corrected chi connectivity index (χ4v) is 3.71. The van der Waals surface area contributed by atoms with Crippen LogP contribution in [0.4, 0.5) is 4.39 Å². The van der Waals surface area contributed by atoms with Crippen molar-refractivity contribution in [2.24, 2.45) is 0 Å². The zero-order valence-electron chi connectivity index (χ0n) is 17.5. The van der Waals surface area contributed by atoms with E-state index < -0.39 is 11.9 Å². The minimum Gasteiger partial charge on any atom is -0.490 e. The van der Waals surface area contributed by atoms with Crippen molar-refractivity contribution in [1.82, 2.24) is 20.3 Å². The van der Waals surface area contributed by atoms with Crippen molar-refractivity contribution in [1.29, 1.82) is 0 Å². The van der Waals surface area contributed by atoms with Crippen molar-refractivity contribution >= 4 is 40.7 Å². The van der Waals surface area contributed by atoms with E-state index >= 15 is 4.39 Å². The van der Waals surface area contributed by atoms with Crippen LogP contribution in [0.3, 0.4) is 0 Å². The first-order valence-electron chi connectivity index (χ1n) is 9.72. The second kappa shape index (κ2) is 10.4. The summed E-state index contributed by atoms with van der Waals surface area (Å²) in [6.45, 7) is 5.35. The van der Waals surface area contributed by atoms with Crippen LogP contribution >= 0.6 is 34.8 Å². The lowest BCUT2D eigenvalue weighted by molar-refractivity contribution is -0.121. The van der Waals surface area contributed by atoms with Gasteiger partial charge >= 0.3 is 0 Å². The summed E-state index contributed by atoms with van der Waals surface area (Å²) in [6.07, 6.45) is 3.98. The summed E-state index contributed by atoms with van der Waals surface area (Å²) in [5, 5.41) is 3.14. The van der Waals surface area contributed by atoms with Gasteiger partial charge in [0.25, 0.3) is 0 Å². The van der Waals surface area contributed by atoms with Crippen LogP contribution in [-0.2, 0) is 11.2 Å². The Labute approximate surface area is 200 Å². The van der Waals surface area contributed by atoms with Crippen LogP contribution in [0.25, 0.3) is 11.1 Å².